The van der Waals surface area contributed by atoms with Crippen LogP contribution in [0.2, 0.25) is 0 Å². The van der Waals surface area contributed by atoms with Crippen LogP contribution in [0.5, 0.6) is 0 Å². The topological polar surface area (TPSA) is 37.3 Å². The maximum atomic E-state index is 11.6. The van der Waals surface area contributed by atoms with E-state index in [4.69, 9.17) is 0 Å². The van der Waals surface area contributed by atoms with Gasteiger partial charge in [-0.1, -0.05) is 6.92 Å². The van der Waals surface area contributed by atoms with Crippen LogP contribution in [-0.2, 0) is 11.2 Å². The molecule has 2 nitrogen and oxygen atoms in total. The molecule has 4 heteroatoms. The Morgan fingerprint density at radius 1 is 1.64 bits per heavy atom. The highest BCUT2D eigenvalue weighted by atomic mass is 79.9. The lowest BCUT2D eigenvalue weighted by Crippen LogP contribution is -2.35. The molecule has 1 N–H and O–H groups in total. The minimum absolute atomic E-state index is 0.116. The molecule has 1 aromatic heterocycles. The van der Waals surface area contributed by atoms with E-state index in [0.29, 0.717) is 12.8 Å². The van der Waals surface area contributed by atoms with E-state index in [1.165, 1.54) is 11.3 Å². The maximum absolute atomic E-state index is 11.6. The third-order valence-corrected chi connectivity index (χ3v) is 3.88. The molecule has 1 heterocycles. The van der Waals surface area contributed by atoms with Crippen molar-refractivity contribution in [3.05, 3.63) is 20.8 Å². The van der Waals surface area contributed by atoms with Gasteiger partial charge in [0.2, 0.25) is 0 Å². The molecular weight excluding hydrogens is 264 g/mol. The Morgan fingerprint density at radius 3 is 2.71 bits per heavy atom. The predicted molar refractivity (Wildman–Crippen MR) is 61.6 cm³/mol. The van der Waals surface area contributed by atoms with Crippen LogP contribution >= 0.6 is 27.3 Å². The molecule has 0 fully saturated rings. The number of halogens is 1. The average Bonchev–Trinajstić information content (AvgIpc) is 2.51. The van der Waals surface area contributed by atoms with E-state index >= 15 is 0 Å². The number of thiophene rings is 1. The summed E-state index contributed by atoms with van der Waals surface area (Å²) in [5.74, 6) is -0.116. The number of carbonyl (C=O) groups is 1. The lowest BCUT2D eigenvalue weighted by atomic mass is 9.95. The second-order valence-electron chi connectivity index (χ2n) is 3.43. The van der Waals surface area contributed by atoms with Crippen molar-refractivity contribution in [3.63, 3.8) is 0 Å². The summed E-state index contributed by atoms with van der Waals surface area (Å²) < 4.78 is 1.01. The minimum atomic E-state index is -1.18. The molecule has 0 spiro atoms. The van der Waals surface area contributed by atoms with Crippen LogP contribution in [0.15, 0.2) is 15.9 Å². The summed E-state index contributed by atoms with van der Waals surface area (Å²) in [5, 5.41) is 9.70. The standard InChI is InChI=1S/C10H13BrO2S/c1-3-10(2,13)8(12)6-7-4-5-9(11)14-7/h4-5,13H,3,6H2,1-2H3. The summed E-state index contributed by atoms with van der Waals surface area (Å²) in [6.45, 7) is 3.38. The minimum Gasteiger partial charge on any atom is -0.382 e. The lowest BCUT2D eigenvalue weighted by molar-refractivity contribution is -0.135. The van der Waals surface area contributed by atoms with Gasteiger partial charge in [-0.3, -0.25) is 4.79 Å². The third kappa shape index (κ3) is 2.90. The van der Waals surface area contributed by atoms with Gasteiger partial charge in [0.1, 0.15) is 5.60 Å². The number of carbonyl (C=O) groups excluding carboxylic acids is 1. The molecule has 0 amide bonds. The summed E-state index contributed by atoms with van der Waals surface area (Å²) in [4.78, 5) is 12.6. The van der Waals surface area contributed by atoms with Crippen molar-refractivity contribution in [1.82, 2.24) is 0 Å². The van der Waals surface area contributed by atoms with E-state index in [1.54, 1.807) is 6.92 Å². The fourth-order valence-electron chi connectivity index (χ4n) is 0.993. The van der Waals surface area contributed by atoms with Crippen molar-refractivity contribution in [3.8, 4) is 0 Å². The highest BCUT2D eigenvalue weighted by molar-refractivity contribution is 9.11. The van der Waals surface area contributed by atoms with E-state index in [-0.39, 0.29) is 5.78 Å². The Balaban J connectivity index is 2.66. The average molecular weight is 277 g/mol. The zero-order valence-corrected chi connectivity index (χ0v) is 10.6. The van der Waals surface area contributed by atoms with Crippen LogP contribution < -0.4 is 0 Å². The molecule has 78 valence electrons. The first-order chi connectivity index (χ1) is 6.45. The van der Waals surface area contributed by atoms with Crippen molar-refractivity contribution < 1.29 is 9.90 Å². The van der Waals surface area contributed by atoms with Gasteiger partial charge in [-0.25, -0.2) is 0 Å². The largest absolute Gasteiger partial charge is 0.382 e. The van der Waals surface area contributed by atoms with Gasteiger partial charge in [-0.2, -0.15) is 0 Å². The Bertz CT molecular complexity index is 331. The fourth-order valence-corrected chi connectivity index (χ4v) is 2.47. The molecule has 0 aliphatic rings. The van der Waals surface area contributed by atoms with E-state index in [2.05, 4.69) is 15.9 Å². The van der Waals surface area contributed by atoms with Crippen molar-refractivity contribution in [2.24, 2.45) is 0 Å². The Kier molecular flexibility index (Phi) is 3.86. The molecule has 1 aromatic rings. The van der Waals surface area contributed by atoms with Crippen LogP contribution in [0.1, 0.15) is 25.1 Å². The van der Waals surface area contributed by atoms with Crippen LogP contribution in [0, 0.1) is 0 Å². The van der Waals surface area contributed by atoms with Gasteiger partial charge >= 0.3 is 0 Å². The molecule has 0 aromatic carbocycles. The lowest BCUT2D eigenvalue weighted by Gasteiger charge is -2.18. The van der Waals surface area contributed by atoms with Crippen molar-refractivity contribution in [2.75, 3.05) is 0 Å². The van der Waals surface area contributed by atoms with Crippen LogP contribution in [0.25, 0.3) is 0 Å². The van der Waals surface area contributed by atoms with Crippen LogP contribution in [-0.4, -0.2) is 16.5 Å². The van der Waals surface area contributed by atoms with Gasteiger partial charge in [0, 0.05) is 11.3 Å². The van der Waals surface area contributed by atoms with E-state index < -0.39 is 5.60 Å². The van der Waals surface area contributed by atoms with Gasteiger partial charge in [0.15, 0.2) is 5.78 Å². The molecule has 0 radical (unpaired) electrons. The molecule has 0 saturated heterocycles. The molecule has 1 rings (SSSR count). The van der Waals surface area contributed by atoms with E-state index in [0.717, 1.165) is 8.66 Å². The van der Waals surface area contributed by atoms with Gasteiger partial charge in [0.25, 0.3) is 0 Å². The summed E-state index contributed by atoms with van der Waals surface area (Å²) in [6.07, 6.45) is 0.773. The highest BCUT2D eigenvalue weighted by Crippen LogP contribution is 2.24. The summed E-state index contributed by atoms with van der Waals surface area (Å²) in [5.41, 5.74) is -1.18. The SMILES string of the molecule is CCC(C)(O)C(=O)Cc1ccc(Br)s1. The summed E-state index contributed by atoms with van der Waals surface area (Å²) in [7, 11) is 0. The van der Waals surface area contributed by atoms with Crippen LogP contribution in [0.4, 0.5) is 0 Å². The highest BCUT2D eigenvalue weighted by Gasteiger charge is 2.27. The maximum Gasteiger partial charge on any atom is 0.169 e. The Morgan fingerprint density at radius 2 is 2.29 bits per heavy atom. The molecule has 1 unspecified atom stereocenters. The number of hydrogen-bond acceptors (Lipinski definition) is 3. The normalized spacial score (nSPS) is 15.1. The first-order valence-electron chi connectivity index (χ1n) is 4.45. The first-order valence-corrected chi connectivity index (χ1v) is 6.06. The quantitative estimate of drug-likeness (QED) is 0.918. The second kappa shape index (κ2) is 4.55. The Hall–Kier alpha value is -0.190. The summed E-state index contributed by atoms with van der Waals surface area (Å²) in [6, 6.07) is 3.81. The Labute approximate surface area is 96.1 Å². The van der Waals surface area contributed by atoms with Gasteiger partial charge < -0.3 is 5.11 Å². The zero-order valence-electron chi connectivity index (χ0n) is 8.21. The number of aliphatic hydroxyl groups is 1. The number of Topliss-reactive ketones (excluding diaryl/α,β-unsaturated/α-hetero) is 1. The zero-order chi connectivity index (χ0) is 10.8. The molecule has 0 bridgehead atoms. The molecular formula is C10H13BrO2S. The molecule has 0 aliphatic heterocycles. The molecule has 14 heavy (non-hydrogen) atoms. The van der Waals surface area contributed by atoms with Crippen molar-refractivity contribution in [1.29, 1.82) is 0 Å². The fraction of sp³-hybridized carbons (Fsp3) is 0.500. The predicted octanol–water partition coefficient (Wildman–Crippen LogP) is 2.78. The van der Waals surface area contributed by atoms with Crippen molar-refractivity contribution >= 4 is 33.0 Å². The first kappa shape index (κ1) is 11.9. The smallest absolute Gasteiger partial charge is 0.169 e. The summed E-state index contributed by atoms with van der Waals surface area (Å²) >= 11 is 4.86. The molecule has 0 saturated carbocycles. The molecule has 1 atom stereocenters. The molecule has 0 aliphatic carbocycles. The van der Waals surface area contributed by atoms with E-state index in [9.17, 15) is 9.90 Å². The second-order valence-corrected chi connectivity index (χ2v) is 5.98. The monoisotopic (exact) mass is 276 g/mol. The van der Waals surface area contributed by atoms with Gasteiger partial charge in [0.05, 0.1) is 3.79 Å². The van der Waals surface area contributed by atoms with Gasteiger partial charge in [-0.15, -0.1) is 11.3 Å². The van der Waals surface area contributed by atoms with Crippen molar-refractivity contribution in [2.45, 2.75) is 32.3 Å². The number of hydrogen-bond donors (Lipinski definition) is 1. The van der Waals surface area contributed by atoms with E-state index in [1.807, 2.05) is 19.1 Å². The number of rotatable bonds is 4. The van der Waals surface area contributed by atoms with Gasteiger partial charge in [-0.05, 0) is 41.4 Å². The third-order valence-electron chi connectivity index (χ3n) is 2.25. The number of ketones is 1. The van der Waals surface area contributed by atoms with Crippen LogP contribution in [0.3, 0.4) is 0 Å².